The van der Waals surface area contributed by atoms with Crippen LogP contribution in [0, 0.1) is 6.92 Å². The van der Waals surface area contributed by atoms with Crippen LogP contribution in [0.2, 0.25) is 0 Å². The molecule has 1 aliphatic rings. The lowest BCUT2D eigenvalue weighted by molar-refractivity contribution is -0.119. The standard InChI is InChI=1S/C15H18N4O/c1-10-8-13(11-4-2-3-5-12(11)18-10)19-7-6-17-9-14(19)15(16)20/h2-5,8,14,17H,6-7,9H2,1H3,(H2,16,20). The highest BCUT2D eigenvalue weighted by atomic mass is 16.1. The fourth-order valence-electron chi connectivity index (χ4n) is 2.77. The Bertz CT molecular complexity index is 655. The molecule has 3 rings (SSSR count). The van der Waals surface area contributed by atoms with Crippen molar-refractivity contribution in [3.8, 4) is 0 Å². The van der Waals surface area contributed by atoms with Gasteiger partial charge in [-0.05, 0) is 19.1 Å². The Morgan fingerprint density at radius 2 is 2.25 bits per heavy atom. The Labute approximate surface area is 117 Å². The van der Waals surface area contributed by atoms with E-state index in [0.29, 0.717) is 6.54 Å². The quantitative estimate of drug-likeness (QED) is 0.847. The number of benzene rings is 1. The van der Waals surface area contributed by atoms with Crippen LogP contribution in [0.25, 0.3) is 10.9 Å². The molecule has 5 heteroatoms. The van der Waals surface area contributed by atoms with Crippen LogP contribution in [0.3, 0.4) is 0 Å². The number of aromatic nitrogens is 1. The lowest BCUT2D eigenvalue weighted by Crippen LogP contribution is -2.57. The number of aryl methyl sites for hydroxylation is 1. The van der Waals surface area contributed by atoms with Crippen molar-refractivity contribution >= 4 is 22.5 Å². The molecule has 1 atom stereocenters. The first kappa shape index (κ1) is 12.9. The number of nitrogens with zero attached hydrogens (tertiary/aromatic N) is 2. The third-order valence-corrected chi connectivity index (χ3v) is 3.70. The predicted octanol–water partition coefficient (Wildman–Crippen LogP) is 0.807. The lowest BCUT2D eigenvalue weighted by atomic mass is 10.1. The highest BCUT2D eigenvalue weighted by Crippen LogP contribution is 2.28. The Hall–Kier alpha value is -2.14. The third kappa shape index (κ3) is 2.20. The molecule has 1 aromatic carbocycles. The highest BCUT2D eigenvalue weighted by molar-refractivity contribution is 5.95. The summed E-state index contributed by atoms with van der Waals surface area (Å²) in [4.78, 5) is 18.3. The molecular weight excluding hydrogens is 252 g/mol. The number of amides is 1. The van der Waals surface area contributed by atoms with Crippen molar-refractivity contribution < 1.29 is 4.79 Å². The van der Waals surface area contributed by atoms with Gasteiger partial charge in [0.1, 0.15) is 6.04 Å². The van der Waals surface area contributed by atoms with Crippen LogP contribution < -0.4 is 16.0 Å². The van der Waals surface area contributed by atoms with Crippen molar-refractivity contribution in [1.29, 1.82) is 0 Å². The molecule has 1 unspecified atom stereocenters. The number of piperazine rings is 1. The van der Waals surface area contributed by atoms with Crippen molar-refractivity contribution in [2.75, 3.05) is 24.5 Å². The Kier molecular flexibility index (Phi) is 3.28. The van der Waals surface area contributed by atoms with Crippen molar-refractivity contribution in [2.24, 2.45) is 5.73 Å². The summed E-state index contributed by atoms with van der Waals surface area (Å²) in [6.07, 6.45) is 0. The fourth-order valence-corrected chi connectivity index (χ4v) is 2.77. The molecule has 0 bridgehead atoms. The number of hydrogen-bond donors (Lipinski definition) is 2. The molecule has 0 spiro atoms. The molecule has 1 aliphatic heterocycles. The van der Waals surface area contributed by atoms with Crippen LogP contribution >= 0.6 is 0 Å². The van der Waals surface area contributed by atoms with E-state index in [-0.39, 0.29) is 11.9 Å². The Balaban J connectivity index is 2.14. The minimum atomic E-state index is -0.311. The van der Waals surface area contributed by atoms with E-state index < -0.39 is 0 Å². The molecule has 1 amide bonds. The summed E-state index contributed by atoms with van der Waals surface area (Å²) in [5, 5.41) is 4.28. The molecule has 0 saturated carbocycles. The van der Waals surface area contributed by atoms with Gasteiger partial charge in [0.25, 0.3) is 0 Å². The van der Waals surface area contributed by atoms with Crippen molar-refractivity contribution in [3.63, 3.8) is 0 Å². The Morgan fingerprint density at radius 1 is 1.45 bits per heavy atom. The van der Waals surface area contributed by atoms with E-state index >= 15 is 0 Å². The third-order valence-electron chi connectivity index (χ3n) is 3.70. The maximum Gasteiger partial charge on any atom is 0.241 e. The summed E-state index contributed by atoms with van der Waals surface area (Å²) in [6.45, 7) is 4.17. The van der Waals surface area contributed by atoms with E-state index in [1.807, 2.05) is 37.3 Å². The van der Waals surface area contributed by atoms with Crippen LogP contribution in [-0.2, 0) is 4.79 Å². The number of para-hydroxylation sites is 1. The van der Waals surface area contributed by atoms with E-state index in [1.54, 1.807) is 0 Å². The number of nitrogens with one attached hydrogen (secondary N) is 1. The second-order valence-electron chi connectivity index (χ2n) is 5.12. The molecule has 104 valence electrons. The molecule has 0 radical (unpaired) electrons. The molecule has 2 aromatic rings. The van der Waals surface area contributed by atoms with Gasteiger partial charge in [-0.15, -0.1) is 0 Å². The molecule has 1 saturated heterocycles. The summed E-state index contributed by atoms with van der Waals surface area (Å²) < 4.78 is 0. The maximum absolute atomic E-state index is 11.7. The maximum atomic E-state index is 11.7. The monoisotopic (exact) mass is 270 g/mol. The van der Waals surface area contributed by atoms with Crippen molar-refractivity contribution in [2.45, 2.75) is 13.0 Å². The second kappa shape index (κ2) is 5.09. The van der Waals surface area contributed by atoms with Crippen molar-refractivity contribution in [1.82, 2.24) is 10.3 Å². The van der Waals surface area contributed by atoms with Crippen LogP contribution in [0.5, 0.6) is 0 Å². The number of fused-ring (bicyclic) bond motifs is 1. The van der Waals surface area contributed by atoms with Gasteiger partial charge in [-0.1, -0.05) is 18.2 Å². The highest BCUT2D eigenvalue weighted by Gasteiger charge is 2.28. The normalized spacial score (nSPS) is 19.2. The minimum Gasteiger partial charge on any atom is -0.368 e. The first-order valence-corrected chi connectivity index (χ1v) is 6.80. The summed E-state index contributed by atoms with van der Waals surface area (Å²) in [7, 11) is 0. The van der Waals surface area contributed by atoms with Crippen molar-refractivity contribution in [3.05, 3.63) is 36.0 Å². The van der Waals surface area contributed by atoms with Crippen LogP contribution in [0.4, 0.5) is 5.69 Å². The van der Waals surface area contributed by atoms with E-state index in [4.69, 9.17) is 5.73 Å². The van der Waals surface area contributed by atoms with E-state index in [9.17, 15) is 4.79 Å². The smallest absolute Gasteiger partial charge is 0.241 e. The zero-order valence-electron chi connectivity index (χ0n) is 11.5. The number of hydrogen-bond acceptors (Lipinski definition) is 4. The van der Waals surface area contributed by atoms with Gasteiger partial charge >= 0.3 is 0 Å². The largest absolute Gasteiger partial charge is 0.368 e. The van der Waals surface area contributed by atoms with Crippen LogP contribution in [0.1, 0.15) is 5.69 Å². The van der Waals surface area contributed by atoms with E-state index in [2.05, 4.69) is 15.2 Å². The van der Waals surface area contributed by atoms with Gasteiger partial charge < -0.3 is 16.0 Å². The number of primary amides is 1. The number of pyridine rings is 1. The average molecular weight is 270 g/mol. The molecule has 1 aromatic heterocycles. The SMILES string of the molecule is Cc1cc(N2CCNCC2C(N)=O)c2ccccc2n1. The van der Waals surface area contributed by atoms with Gasteiger partial charge in [0.05, 0.1) is 5.52 Å². The second-order valence-corrected chi connectivity index (χ2v) is 5.12. The van der Waals surface area contributed by atoms with Gasteiger partial charge in [0.2, 0.25) is 5.91 Å². The first-order valence-electron chi connectivity index (χ1n) is 6.80. The van der Waals surface area contributed by atoms with Gasteiger partial charge in [-0.2, -0.15) is 0 Å². The van der Waals surface area contributed by atoms with E-state index in [0.717, 1.165) is 35.4 Å². The predicted molar refractivity (Wildman–Crippen MR) is 79.7 cm³/mol. The fraction of sp³-hybridized carbons (Fsp3) is 0.333. The van der Waals surface area contributed by atoms with Crippen LogP contribution in [0.15, 0.2) is 30.3 Å². The zero-order valence-corrected chi connectivity index (χ0v) is 11.5. The first-order chi connectivity index (χ1) is 9.66. The molecule has 1 fully saturated rings. The molecular formula is C15H18N4O. The summed E-state index contributed by atoms with van der Waals surface area (Å²) in [6, 6.07) is 9.72. The molecule has 3 N–H and O–H groups in total. The number of rotatable bonds is 2. The number of nitrogens with two attached hydrogens (primary N) is 1. The lowest BCUT2D eigenvalue weighted by Gasteiger charge is -2.36. The van der Waals surface area contributed by atoms with E-state index in [1.165, 1.54) is 0 Å². The van der Waals surface area contributed by atoms with Crippen LogP contribution in [-0.4, -0.2) is 36.6 Å². The molecule has 5 nitrogen and oxygen atoms in total. The molecule has 2 heterocycles. The summed E-state index contributed by atoms with van der Waals surface area (Å²) in [5.41, 5.74) is 8.47. The van der Waals surface area contributed by atoms with Gasteiger partial charge in [-0.3, -0.25) is 9.78 Å². The number of carbonyl (C=O) groups is 1. The summed E-state index contributed by atoms with van der Waals surface area (Å²) in [5.74, 6) is -0.296. The summed E-state index contributed by atoms with van der Waals surface area (Å²) >= 11 is 0. The zero-order chi connectivity index (χ0) is 14.1. The van der Waals surface area contributed by atoms with Gasteiger partial charge in [0.15, 0.2) is 0 Å². The topological polar surface area (TPSA) is 71.2 Å². The average Bonchev–Trinajstić information content (AvgIpc) is 2.46. The minimum absolute atomic E-state index is 0.296. The number of anilines is 1. The Morgan fingerprint density at radius 3 is 3.05 bits per heavy atom. The van der Waals surface area contributed by atoms with Gasteiger partial charge in [-0.25, -0.2) is 0 Å². The number of carbonyl (C=O) groups excluding carboxylic acids is 1. The molecule has 20 heavy (non-hydrogen) atoms. The molecule has 0 aliphatic carbocycles. The van der Waals surface area contributed by atoms with Gasteiger partial charge in [0, 0.05) is 36.4 Å².